The molecule has 2 nitrogen and oxygen atoms in total. The average molecular weight is 356 g/mol. The summed E-state index contributed by atoms with van der Waals surface area (Å²) >= 11 is 1.69. The maximum Gasteiger partial charge on any atom is 0.123 e. The first-order valence-electron chi connectivity index (χ1n) is 8.73. The van der Waals surface area contributed by atoms with E-state index < -0.39 is 0 Å². The van der Waals surface area contributed by atoms with Crippen molar-refractivity contribution in [1.82, 2.24) is 10.3 Å². The normalized spacial score (nSPS) is 11.0. The van der Waals surface area contributed by atoms with E-state index in [-0.39, 0.29) is 6.04 Å². The van der Waals surface area contributed by atoms with Crippen LogP contribution < -0.4 is 5.32 Å². The minimum atomic E-state index is 0.152. The van der Waals surface area contributed by atoms with Crippen LogP contribution in [0.5, 0.6) is 0 Å². The number of benzene rings is 3. The fourth-order valence-electron chi connectivity index (χ4n) is 3.03. The van der Waals surface area contributed by atoms with Crippen LogP contribution >= 0.6 is 11.3 Å². The van der Waals surface area contributed by atoms with Crippen molar-refractivity contribution < 1.29 is 0 Å². The number of thiazole rings is 1. The second-order valence-corrected chi connectivity index (χ2v) is 7.00. The summed E-state index contributed by atoms with van der Waals surface area (Å²) in [6, 6.07) is 31.6. The molecule has 0 radical (unpaired) electrons. The molecule has 0 saturated carbocycles. The molecular weight excluding hydrogens is 336 g/mol. The Balaban J connectivity index is 1.53. The summed E-state index contributed by atoms with van der Waals surface area (Å²) in [5, 5.41) is 6.89. The van der Waals surface area contributed by atoms with Gasteiger partial charge in [0.25, 0.3) is 0 Å². The zero-order valence-electron chi connectivity index (χ0n) is 14.4. The van der Waals surface area contributed by atoms with Crippen molar-refractivity contribution in [3.8, 4) is 10.6 Å². The Morgan fingerprint density at radius 2 is 1.27 bits per heavy atom. The van der Waals surface area contributed by atoms with E-state index >= 15 is 0 Å². The molecule has 0 bridgehead atoms. The Morgan fingerprint density at radius 1 is 0.731 bits per heavy atom. The molecule has 0 aliphatic heterocycles. The van der Waals surface area contributed by atoms with Gasteiger partial charge in [0.1, 0.15) is 5.01 Å². The third kappa shape index (κ3) is 3.90. The Morgan fingerprint density at radius 3 is 1.85 bits per heavy atom. The Labute approximate surface area is 158 Å². The minimum Gasteiger partial charge on any atom is -0.301 e. The zero-order valence-corrected chi connectivity index (χ0v) is 15.2. The molecule has 0 aliphatic carbocycles. The molecule has 0 fully saturated rings. The third-order valence-corrected chi connectivity index (χ3v) is 5.27. The fourth-order valence-corrected chi connectivity index (χ4v) is 3.85. The molecule has 0 atom stereocenters. The summed E-state index contributed by atoms with van der Waals surface area (Å²) in [4.78, 5) is 4.80. The van der Waals surface area contributed by atoms with E-state index in [1.54, 1.807) is 11.3 Å². The first kappa shape index (κ1) is 16.7. The summed E-state index contributed by atoms with van der Waals surface area (Å²) in [7, 11) is 0. The van der Waals surface area contributed by atoms with E-state index in [1.165, 1.54) is 16.7 Å². The molecule has 26 heavy (non-hydrogen) atoms. The first-order valence-corrected chi connectivity index (χ1v) is 9.61. The molecular formula is C23H20N2S. The van der Waals surface area contributed by atoms with Gasteiger partial charge in [0.05, 0.1) is 11.7 Å². The zero-order chi connectivity index (χ0) is 17.6. The molecule has 4 rings (SSSR count). The molecule has 0 unspecified atom stereocenters. The van der Waals surface area contributed by atoms with Crippen molar-refractivity contribution in [2.75, 3.05) is 0 Å². The van der Waals surface area contributed by atoms with Crippen LogP contribution in [0.1, 0.15) is 22.9 Å². The van der Waals surface area contributed by atoms with E-state index in [4.69, 9.17) is 4.98 Å². The maximum absolute atomic E-state index is 4.80. The lowest BCUT2D eigenvalue weighted by Gasteiger charge is -2.19. The van der Waals surface area contributed by atoms with Crippen LogP contribution in [0.3, 0.4) is 0 Å². The summed E-state index contributed by atoms with van der Waals surface area (Å²) in [5.41, 5.74) is 4.77. The standard InChI is InChI=1S/C23H20N2S/c1-4-10-18(11-5-1)22(19-12-6-2-7-13-19)24-16-21-17-26-23(25-21)20-14-8-3-9-15-20/h1-15,17,22,24H,16H2. The number of nitrogens with zero attached hydrogens (tertiary/aromatic N) is 1. The molecule has 1 N–H and O–H groups in total. The molecule has 0 aliphatic rings. The lowest BCUT2D eigenvalue weighted by atomic mass is 9.99. The summed E-state index contributed by atoms with van der Waals surface area (Å²) in [6.07, 6.45) is 0. The number of hydrogen-bond donors (Lipinski definition) is 1. The summed E-state index contributed by atoms with van der Waals surface area (Å²) in [6.45, 7) is 0.734. The van der Waals surface area contributed by atoms with Crippen LogP contribution in [0.25, 0.3) is 10.6 Å². The van der Waals surface area contributed by atoms with Crippen molar-refractivity contribution in [3.05, 3.63) is 113 Å². The van der Waals surface area contributed by atoms with Gasteiger partial charge >= 0.3 is 0 Å². The minimum absolute atomic E-state index is 0.152. The Hall–Kier alpha value is -2.75. The predicted octanol–water partition coefficient (Wildman–Crippen LogP) is 5.69. The topological polar surface area (TPSA) is 24.9 Å². The van der Waals surface area contributed by atoms with Crippen LogP contribution in [-0.4, -0.2) is 4.98 Å². The molecule has 3 heteroatoms. The highest BCUT2D eigenvalue weighted by Gasteiger charge is 2.14. The van der Waals surface area contributed by atoms with E-state index in [0.717, 1.165) is 17.2 Å². The van der Waals surface area contributed by atoms with E-state index in [9.17, 15) is 0 Å². The maximum atomic E-state index is 4.80. The smallest absolute Gasteiger partial charge is 0.123 e. The number of nitrogens with one attached hydrogen (secondary N) is 1. The molecule has 128 valence electrons. The highest BCUT2D eigenvalue weighted by molar-refractivity contribution is 7.13. The van der Waals surface area contributed by atoms with Gasteiger partial charge in [-0.15, -0.1) is 11.3 Å². The third-order valence-electron chi connectivity index (χ3n) is 4.33. The molecule has 1 heterocycles. The second kappa shape index (κ2) is 8.09. The van der Waals surface area contributed by atoms with Gasteiger partial charge in [-0.3, -0.25) is 0 Å². The molecule has 0 spiro atoms. The molecule has 1 aromatic heterocycles. The van der Waals surface area contributed by atoms with E-state index in [1.807, 2.05) is 6.07 Å². The largest absolute Gasteiger partial charge is 0.301 e. The van der Waals surface area contributed by atoms with Crippen LogP contribution in [0.2, 0.25) is 0 Å². The number of rotatable bonds is 6. The number of hydrogen-bond acceptors (Lipinski definition) is 3. The van der Waals surface area contributed by atoms with Crippen molar-refractivity contribution in [3.63, 3.8) is 0 Å². The van der Waals surface area contributed by atoms with Crippen LogP contribution in [-0.2, 0) is 6.54 Å². The lowest BCUT2D eigenvalue weighted by Crippen LogP contribution is -2.22. The van der Waals surface area contributed by atoms with Crippen molar-refractivity contribution in [1.29, 1.82) is 0 Å². The van der Waals surface area contributed by atoms with Gasteiger partial charge < -0.3 is 5.32 Å². The highest BCUT2D eigenvalue weighted by Crippen LogP contribution is 2.25. The van der Waals surface area contributed by atoms with Gasteiger partial charge in [-0.05, 0) is 11.1 Å². The molecule has 0 saturated heterocycles. The van der Waals surface area contributed by atoms with E-state index in [0.29, 0.717) is 0 Å². The second-order valence-electron chi connectivity index (χ2n) is 6.15. The van der Waals surface area contributed by atoms with E-state index in [2.05, 4.69) is 95.6 Å². The lowest BCUT2D eigenvalue weighted by molar-refractivity contribution is 0.599. The van der Waals surface area contributed by atoms with Gasteiger partial charge in [-0.25, -0.2) is 4.98 Å². The SMILES string of the molecule is c1ccc(-c2nc(CNC(c3ccccc3)c3ccccc3)cs2)cc1. The fraction of sp³-hybridized carbons (Fsp3) is 0.0870. The quantitative estimate of drug-likeness (QED) is 0.480. The van der Waals surface area contributed by atoms with Gasteiger partial charge in [0.2, 0.25) is 0 Å². The number of aromatic nitrogens is 1. The summed E-state index contributed by atoms with van der Waals surface area (Å²) < 4.78 is 0. The van der Waals surface area contributed by atoms with Gasteiger partial charge in [-0.1, -0.05) is 91.0 Å². The van der Waals surface area contributed by atoms with Crippen molar-refractivity contribution in [2.24, 2.45) is 0 Å². The predicted molar refractivity (Wildman–Crippen MR) is 109 cm³/mol. The molecule has 3 aromatic carbocycles. The summed E-state index contributed by atoms with van der Waals surface area (Å²) in [5.74, 6) is 0. The van der Waals surface area contributed by atoms with Crippen LogP contribution in [0, 0.1) is 0 Å². The highest BCUT2D eigenvalue weighted by atomic mass is 32.1. The van der Waals surface area contributed by atoms with Crippen LogP contribution in [0.15, 0.2) is 96.4 Å². The first-order chi connectivity index (χ1) is 12.9. The Kier molecular flexibility index (Phi) is 5.19. The average Bonchev–Trinajstić information content (AvgIpc) is 3.20. The van der Waals surface area contributed by atoms with Crippen LogP contribution in [0.4, 0.5) is 0 Å². The molecule has 0 amide bonds. The Bertz CT molecular complexity index is 894. The van der Waals surface area contributed by atoms with Crippen molar-refractivity contribution >= 4 is 11.3 Å². The molecule has 4 aromatic rings. The van der Waals surface area contributed by atoms with Gasteiger partial charge in [-0.2, -0.15) is 0 Å². The van der Waals surface area contributed by atoms with Gasteiger partial charge in [0, 0.05) is 17.5 Å². The monoisotopic (exact) mass is 356 g/mol. The van der Waals surface area contributed by atoms with Gasteiger partial charge in [0.15, 0.2) is 0 Å². The van der Waals surface area contributed by atoms with Crippen molar-refractivity contribution in [2.45, 2.75) is 12.6 Å².